The number of nitrogens with one attached hydrogen (secondary N) is 1. The molecule has 0 bridgehead atoms. The Kier molecular flexibility index (Phi) is 36.2. The number of carbonyl (C=O) groups excluding carboxylic acids is 5. The molecule has 0 saturated heterocycles. The van der Waals surface area contributed by atoms with Crippen molar-refractivity contribution in [3.8, 4) is 0 Å². The van der Waals surface area contributed by atoms with Gasteiger partial charge < -0.3 is 24.3 Å². The van der Waals surface area contributed by atoms with E-state index < -0.39 is 23.9 Å². The molecule has 2 atom stereocenters. The highest BCUT2D eigenvalue weighted by molar-refractivity contribution is 6.08. The van der Waals surface area contributed by atoms with Gasteiger partial charge in [0.25, 0.3) is 0 Å². The van der Waals surface area contributed by atoms with E-state index in [1.807, 2.05) is 0 Å². The number of unbranched alkanes of at least 4 members (excludes halogenated alkanes) is 21. The fraction of sp³-hybridized carbons (Fsp3) is 0.696. The Morgan fingerprint density at radius 3 is 1.05 bits per heavy atom. The van der Waals surface area contributed by atoms with E-state index in [4.69, 9.17) is 9.47 Å². The molecule has 0 radical (unpaired) electrons. The number of rotatable bonds is 37. The molecule has 0 aliphatic carbocycles. The van der Waals surface area contributed by atoms with Crippen LogP contribution < -0.4 is 5.32 Å². The maximum Gasteiger partial charge on any atom is 0.340 e. The third-order valence-electron chi connectivity index (χ3n) is 12.8. The Balaban J connectivity index is 0.00000131. The number of esters is 4. The number of amides is 1. The summed E-state index contributed by atoms with van der Waals surface area (Å²) in [6, 6.07) is 10.8. The Bertz CT molecular complexity index is 1540. The van der Waals surface area contributed by atoms with Crippen LogP contribution in [0.1, 0.15) is 255 Å². The van der Waals surface area contributed by atoms with Crippen LogP contribution in [0.5, 0.6) is 0 Å². The number of hydrogen-bond acceptors (Lipinski definition) is 9. The van der Waals surface area contributed by atoms with Gasteiger partial charge in [0.05, 0.1) is 56.4 Å². The molecule has 0 aromatic heterocycles. The molecule has 0 heterocycles. The number of carbonyl (C=O) groups is 5. The van der Waals surface area contributed by atoms with E-state index in [1.54, 1.807) is 36.4 Å². The molecule has 2 aromatic carbocycles. The Morgan fingerprint density at radius 2 is 0.712 bits per heavy atom. The van der Waals surface area contributed by atoms with Crippen molar-refractivity contribution in [3.63, 3.8) is 0 Å². The quantitative estimate of drug-likeness (QED) is 0.0399. The normalized spacial score (nSPS) is 11.7. The van der Waals surface area contributed by atoms with Crippen LogP contribution in [0.4, 0.5) is 5.69 Å². The third-order valence-corrected chi connectivity index (χ3v) is 12.8. The summed E-state index contributed by atoms with van der Waals surface area (Å²) in [4.78, 5) is 59.8. The van der Waals surface area contributed by atoms with Crippen LogP contribution in [-0.4, -0.2) is 58.2 Å². The number of anilines is 1. The van der Waals surface area contributed by atoms with Gasteiger partial charge in [-0.15, -0.1) is 0 Å². The first-order chi connectivity index (χ1) is 32.1. The highest BCUT2D eigenvalue weighted by atomic mass is 16.5. The molecule has 10 heteroatoms. The van der Waals surface area contributed by atoms with E-state index in [0.29, 0.717) is 17.5 Å². The zero-order chi connectivity index (χ0) is 48.6. The molecule has 1 amide bonds. The predicted molar refractivity (Wildman–Crippen MR) is 269 cm³/mol. The summed E-state index contributed by atoms with van der Waals surface area (Å²) in [5.41, 5.74) is 1.11. The molecular formula is C56H91NO9. The molecule has 66 heavy (non-hydrogen) atoms. The number of methoxy groups -OCH3 is 4. The van der Waals surface area contributed by atoms with E-state index in [1.165, 1.54) is 201 Å². The van der Waals surface area contributed by atoms with Gasteiger partial charge in [-0.05, 0) is 48.6 Å². The van der Waals surface area contributed by atoms with Crippen molar-refractivity contribution in [1.82, 2.24) is 0 Å². The molecule has 0 aliphatic heterocycles. The average Bonchev–Trinajstić information content (AvgIpc) is 3.34. The summed E-state index contributed by atoms with van der Waals surface area (Å²) in [6.45, 7) is 6.91. The van der Waals surface area contributed by atoms with Gasteiger partial charge in [-0.25, -0.2) is 19.2 Å². The summed E-state index contributed by atoms with van der Waals surface area (Å²) < 4.78 is 18.8. The van der Waals surface area contributed by atoms with Crippen molar-refractivity contribution in [2.75, 3.05) is 33.8 Å². The van der Waals surface area contributed by atoms with Gasteiger partial charge in [0.1, 0.15) is 0 Å². The fourth-order valence-electron chi connectivity index (χ4n) is 8.83. The monoisotopic (exact) mass is 922 g/mol. The number of hydrogen-bond donors (Lipinski definition) is 1. The van der Waals surface area contributed by atoms with E-state index in [9.17, 15) is 24.0 Å². The van der Waals surface area contributed by atoms with Crippen LogP contribution in [0.3, 0.4) is 0 Å². The lowest BCUT2D eigenvalue weighted by Crippen LogP contribution is -2.18. The van der Waals surface area contributed by atoms with E-state index in [0.717, 1.165) is 31.1 Å². The molecule has 1 N–H and O–H groups in total. The smallest absolute Gasteiger partial charge is 0.340 e. The molecule has 0 fully saturated rings. The van der Waals surface area contributed by atoms with Crippen LogP contribution in [0.25, 0.3) is 0 Å². The molecule has 0 spiro atoms. The molecule has 2 unspecified atom stereocenters. The van der Waals surface area contributed by atoms with Crippen LogP contribution in [-0.2, 0) is 23.7 Å². The number of ether oxygens (including phenoxy) is 4. The van der Waals surface area contributed by atoms with Gasteiger partial charge in [0.2, 0.25) is 5.91 Å². The lowest BCUT2D eigenvalue weighted by atomic mass is 9.78. The first-order valence-electron chi connectivity index (χ1n) is 26.0. The van der Waals surface area contributed by atoms with Crippen molar-refractivity contribution in [3.05, 3.63) is 64.7 Å². The zero-order valence-corrected chi connectivity index (χ0v) is 42.6. The topological polar surface area (TPSA) is 134 Å². The van der Waals surface area contributed by atoms with Crippen molar-refractivity contribution in [2.24, 2.45) is 11.8 Å². The fourth-order valence-corrected chi connectivity index (χ4v) is 8.83. The third kappa shape index (κ3) is 26.8. The second kappa shape index (κ2) is 39.9. The molecule has 0 aliphatic rings. The first-order valence-corrected chi connectivity index (χ1v) is 26.0. The van der Waals surface area contributed by atoms with Gasteiger partial charge in [0.15, 0.2) is 0 Å². The largest absolute Gasteiger partial charge is 0.465 e. The highest BCUT2D eigenvalue weighted by Gasteiger charge is 2.23. The average molecular weight is 922 g/mol. The molecule has 0 saturated carbocycles. The molecule has 10 nitrogen and oxygen atoms in total. The van der Waals surface area contributed by atoms with Crippen molar-refractivity contribution >= 4 is 35.5 Å². The summed E-state index contributed by atoms with van der Waals surface area (Å²) in [6.07, 6.45) is 39.1. The number of benzene rings is 2. The summed E-state index contributed by atoms with van der Waals surface area (Å²) in [5, 5.41) is 2.80. The van der Waals surface area contributed by atoms with Gasteiger partial charge >= 0.3 is 23.9 Å². The van der Waals surface area contributed by atoms with E-state index in [-0.39, 0.29) is 22.7 Å². The predicted octanol–water partition coefficient (Wildman–Crippen LogP) is 15.5. The van der Waals surface area contributed by atoms with Gasteiger partial charge in [-0.1, -0.05) is 213 Å². The molecular weight excluding hydrogens is 831 g/mol. The molecule has 374 valence electrons. The molecule has 2 rings (SSSR count). The summed E-state index contributed by atoms with van der Waals surface area (Å²) in [7, 11) is 5.13. The van der Waals surface area contributed by atoms with Crippen LogP contribution in [0.15, 0.2) is 42.5 Å². The van der Waals surface area contributed by atoms with Crippen LogP contribution >= 0.6 is 0 Å². The first kappa shape index (κ1) is 59.8. The minimum atomic E-state index is -0.608. The van der Waals surface area contributed by atoms with Crippen LogP contribution in [0.2, 0.25) is 0 Å². The second-order valence-corrected chi connectivity index (χ2v) is 18.0. The lowest BCUT2D eigenvalue weighted by molar-refractivity contribution is -0.116. The second-order valence-electron chi connectivity index (χ2n) is 18.0. The maximum atomic E-state index is 12.9. The standard InChI is InChI=1S/C46H81NO5.C10H10O4/c1-6-9-12-15-18-22-27-33-39(32-26-21-17-14-11-8-3)40(34-28-23-19-16-13-10-7-2)35-29-24-20-25-30-38-43(48)47-44-41(45(49)51-4)36-31-37-42(44)46(50)52-5;1-13-9(11)7-4-3-5-8(6-7)10(12)14-2/h31,36-37,39-40H,6-30,32-35,38H2,1-5H3,(H,47,48);3-6H,1-2H3. The number of para-hydroxylation sites is 1. The van der Waals surface area contributed by atoms with E-state index in [2.05, 4.69) is 35.6 Å². The van der Waals surface area contributed by atoms with Crippen LogP contribution in [0, 0.1) is 11.8 Å². The minimum absolute atomic E-state index is 0.145. The Morgan fingerprint density at radius 1 is 0.409 bits per heavy atom. The zero-order valence-electron chi connectivity index (χ0n) is 42.6. The van der Waals surface area contributed by atoms with Crippen molar-refractivity contribution in [2.45, 2.75) is 213 Å². The van der Waals surface area contributed by atoms with Gasteiger partial charge in [-0.3, -0.25) is 4.79 Å². The van der Waals surface area contributed by atoms with Crippen molar-refractivity contribution < 1.29 is 42.9 Å². The maximum absolute atomic E-state index is 12.9. The SMILES string of the molecule is CCCCCCCCCC(CCCCCCCC)C(CCCCCCCCC)CCCCCCCC(=O)Nc1c(C(=O)OC)cccc1C(=O)OC.COC(=O)c1cccc(C(=O)OC)c1. The van der Waals surface area contributed by atoms with Crippen molar-refractivity contribution in [1.29, 1.82) is 0 Å². The summed E-state index contributed by atoms with van der Waals surface area (Å²) >= 11 is 0. The Hall–Kier alpha value is -4.21. The lowest BCUT2D eigenvalue weighted by Gasteiger charge is -2.28. The van der Waals surface area contributed by atoms with Gasteiger partial charge in [0, 0.05) is 6.42 Å². The highest BCUT2D eigenvalue weighted by Crippen LogP contribution is 2.34. The molecule has 2 aromatic rings. The van der Waals surface area contributed by atoms with E-state index >= 15 is 0 Å². The van der Waals surface area contributed by atoms with Gasteiger partial charge in [-0.2, -0.15) is 0 Å². The minimum Gasteiger partial charge on any atom is -0.465 e. The Labute approximate surface area is 400 Å². The summed E-state index contributed by atoms with van der Waals surface area (Å²) in [5.74, 6) is -0.638.